The smallest absolute Gasteiger partial charge is 0.418 e. The van der Waals surface area contributed by atoms with E-state index < -0.39 is 42.0 Å². The van der Waals surface area contributed by atoms with E-state index >= 15 is 0 Å². The maximum Gasteiger partial charge on any atom is 0.418 e. The van der Waals surface area contributed by atoms with Crippen LogP contribution in [-0.4, -0.2) is 31.2 Å². The highest BCUT2D eigenvalue weighted by atomic mass is 19.4. The van der Waals surface area contributed by atoms with Crippen molar-refractivity contribution < 1.29 is 37.0 Å². The molecule has 0 saturated carbocycles. The Morgan fingerprint density at radius 2 is 1.59 bits per heavy atom. The van der Waals surface area contributed by atoms with Gasteiger partial charge < -0.3 is 19.5 Å². The number of rotatable bonds is 8. The van der Waals surface area contributed by atoms with Crippen molar-refractivity contribution in [2.45, 2.75) is 26.1 Å². The summed E-state index contributed by atoms with van der Waals surface area (Å²) in [6.45, 7) is 2.95. The van der Waals surface area contributed by atoms with Crippen LogP contribution < -0.4 is 14.8 Å². The molecule has 0 bridgehead atoms. The van der Waals surface area contributed by atoms with E-state index in [0.29, 0.717) is 18.1 Å². The standard InChI is InChI=1S/C20H20F3NO5/c1-3-27-16-10-6-7-11-17(16)28-12-18(25)29-13(2)19(26)24-15-9-5-4-8-14(15)20(21,22)23/h4-11,13H,3,12H2,1-2H3,(H,24,26). The van der Waals surface area contributed by atoms with E-state index in [1.807, 2.05) is 0 Å². The molecule has 0 aliphatic carbocycles. The fourth-order valence-electron chi connectivity index (χ4n) is 2.34. The largest absolute Gasteiger partial charge is 0.490 e. The monoisotopic (exact) mass is 411 g/mol. The third kappa shape index (κ3) is 6.41. The number of benzene rings is 2. The summed E-state index contributed by atoms with van der Waals surface area (Å²) in [6, 6.07) is 11.2. The molecule has 29 heavy (non-hydrogen) atoms. The maximum atomic E-state index is 13.0. The van der Waals surface area contributed by atoms with Crippen molar-refractivity contribution in [1.82, 2.24) is 0 Å². The normalized spacial score (nSPS) is 12.0. The predicted molar refractivity (Wildman–Crippen MR) is 98.7 cm³/mol. The van der Waals surface area contributed by atoms with Crippen molar-refractivity contribution in [2.75, 3.05) is 18.5 Å². The van der Waals surface area contributed by atoms with Crippen molar-refractivity contribution >= 4 is 17.6 Å². The lowest BCUT2D eigenvalue weighted by Gasteiger charge is -2.17. The van der Waals surface area contributed by atoms with Crippen LogP contribution in [0.2, 0.25) is 0 Å². The molecular formula is C20H20F3NO5. The molecule has 2 aromatic carbocycles. The van der Waals surface area contributed by atoms with E-state index in [2.05, 4.69) is 5.32 Å². The quantitative estimate of drug-likeness (QED) is 0.664. The Labute approximate surface area is 165 Å². The first-order valence-electron chi connectivity index (χ1n) is 8.73. The zero-order chi connectivity index (χ0) is 21.4. The first-order valence-corrected chi connectivity index (χ1v) is 8.73. The Morgan fingerprint density at radius 3 is 2.21 bits per heavy atom. The van der Waals surface area contributed by atoms with Crippen LogP contribution in [0.3, 0.4) is 0 Å². The minimum Gasteiger partial charge on any atom is -0.490 e. The number of esters is 1. The number of alkyl halides is 3. The highest BCUT2D eigenvalue weighted by molar-refractivity contribution is 5.95. The van der Waals surface area contributed by atoms with E-state index in [1.54, 1.807) is 31.2 Å². The summed E-state index contributed by atoms with van der Waals surface area (Å²) < 4.78 is 54.6. The van der Waals surface area contributed by atoms with Gasteiger partial charge in [-0.05, 0) is 38.1 Å². The highest BCUT2D eigenvalue weighted by Gasteiger charge is 2.34. The predicted octanol–water partition coefficient (Wildman–Crippen LogP) is 4.05. The Bertz CT molecular complexity index is 854. The number of halogens is 3. The molecule has 0 aliphatic rings. The number of hydrogen-bond donors (Lipinski definition) is 1. The molecule has 0 fully saturated rings. The molecule has 2 rings (SSSR count). The van der Waals surface area contributed by atoms with Gasteiger partial charge in [-0.3, -0.25) is 4.79 Å². The number of carbonyl (C=O) groups excluding carboxylic acids is 2. The lowest BCUT2D eigenvalue weighted by molar-refractivity contribution is -0.155. The first kappa shape index (κ1) is 22.1. The zero-order valence-electron chi connectivity index (χ0n) is 15.8. The molecule has 1 N–H and O–H groups in total. The Morgan fingerprint density at radius 1 is 1.00 bits per heavy atom. The lowest BCUT2D eigenvalue weighted by atomic mass is 10.1. The van der Waals surface area contributed by atoms with Gasteiger partial charge in [0.25, 0.3) is 5.91 Å². The molecule has 0 saturated heterocycles. The number of anilines is 1. The molecule has 1 amide bonds. The van der Waals surface area contributed by atoms with Crippen LogP contribution in [0.25, 0.3) is 0 Å². The van der Waals surface area contributed by atoms with E-state index in [9.17, 15) is 22.8 Å². The van der Waals surface area contributed by atoms with Gasteiger partial charge in [0, 0.05) is 0 Å². The molecule has 0 spiro atoms. The maximum absolute atomic E-state index is 13.0. The second-order valence-electron chi connectivity index (χ2n) is 5.83. The summed E-state index contributed by atoms with van der Waals surface area (Å²) >= 11 is 0. The van der Waals surface area contributed by atoms with Gasteiger partial charge in [-0.25, -0.2) is 4.79 Å². The highest BCUT2D eigenvalue weighted by Crippen LogP contribution is 2.34. The molecular weight excluding hydrogens is 391 g/mol. The lowest BCUT2D eigenvalue weighted by Crippen LogP contribution is -2.32. The molecule has 0 radical (unpaired) electrons. The first-order chi connectivity index (χ1) is 13.7. The number of hydrogen-bond acceptors (Lipinski definition) is 5. The van der Waals surface area contributed by atoms with E-state index in [-0.39, 0.29) is 0 Å². The van der Waals surface area contributed by atoms with Gasteiger partial charge in [-0.15, -0.1) is 0 Å². The molecule has 0 aromatic heterocycles. The summed E-state index contributed by atoms with van der Waals surface area (Å²) in [7, 11) is 0. The van der Waals surface area contributed by atoms with Gasteiger partial charge in [0.1, 0.15) is 0 Å². The third-order valence-electron chi connectivity index (χ3n) is 3.66. The fourth-order valence-corrected chi connectivity index (χ4v) is 2.34. The van der Waals surface area contributed by atoms with Crippen LogP contribution in [0.15, 0.2) is 48.5 Å². The average molecular weight is 411 g/mol. The van der Waals surface area contributed by atoms with Crippen LogP contribution in [-0.2, 0) is 20.5 Å². The fraction of sp³-hybridized carbons (Fsp3) is 0.300. The number of nitrogens with one attached hydrogen (secondary N) is 1. The number of amides is 1. The Kier molecular flexibility index (Phi) is 7.46. The van der Waals surface area contributed by atoms with Crippen LogP contribution >= 0.6 is 0 Å². The molecule has 156 valence electrons. The Hall–Kier alpha value is -3.23. The van der Waals surface area contributed by atoms with Crippen molar-refractivity contribution in [3.05, 3.63) is 54.1 Å². The molecule has 9 heteroatoms. The van der Waals surface area contributed by atoms with Crippen LogP contribution in [0.4, 0.5) is 18.9 Å². The molecule has 1 atom stereocenters. The van der Waals surface area contributed by atoms with Crippen molar-refractivity contribution in [1.29, 1.82) is 0 Å². The van der Waals surface area contributed by atoms with Crippen LogP contribution in [0.1, 0.15) is 19.4 Å². The van der Waals surface area contributed by atoms with Gasteiger partial charge in [-0.1, -0.05) is 24.3 Å². The second kappa shape index (κ2) is 9.81. The molecule has 2 aromatic rings. The summed E-state index contributed by atoms with van der Waals surface area (Å²) in [6.07, 6.45) is -5.96. The molecule has 1 unspecified atom stereocenters. The van der Waals surface area contributed by atoms with Crippen molar-refractivity contribution in [2.24, 2.45) is 0 Å². The zero-order valence-corrected chi connectivity index (χ0v) is 15.8. The summed E-state index contributed by atoms with van der Waals surface area (Å²) in [5.41, 5.74) is -1.42. The van der Waals surface area contributed by atoms with Gasteiger partial charge >= 0.3 is 12.1 Å². The number of para-hydroxylation sites is 3. The van der Waals surface area contributed by atoms with Crippen molar-refractivity contribution in [3.8, 4) is 11.5 Å². The van der Waals surface area contributed by atoms with E-state index in [4.69, 9.17) is 14.2 Å². The van der Waals surface area contributed by atoms with Gasteiger partial charge in [-0.2, -0.15) is 13.2 Å². The van der Waals surface area contributed by atoms with Crippen LogP contribution in [0, 0.1) is 0 Å². The van der Waals surface area contributed by atoms with Gasteiger partial charge in [0.15, 0.2) is 24.2 Å². The minimum absolute atomic E-state index is 0.322. The van der Waals surface area contributed by atoms with Crippen LogP contribution in [0.5, 0.6) is 11.5 Å². The minimum atomic E-state index is -4.63. The van der Waals surface area contributed by atoms with Gasteiger partial charge in [0.05, 0.1) is 17.9 Å². The van der Waals surface area contributed by atoms with E-state index in [0.717, 1.165) is 12.1 Å². The molecule has 0 aliphatic heterocycles. The summed E-state index contributed by atoms with van der Waals surface area (Å²) in [5, 5.41) is 2.12. The summed E-state index contributed by atoms with van der Waals surface area (Å²) in [4.78, 5) is 24.1. The van der Waals surface area contributed by atoms with Gasteiger partial charge in [0.2, 0.25) is 0 Å². The SMILES string of the molecule is CCOc1ccccc1OCC(=O)OC(C)C(=O)Nc1ccccc1C(F)(F)F. The third-order valence-corrected chi connectivity index (χ3v) is 3.66. The second-order valence-corrected chi connectivity index (χ2v) is 5.83. The Balaban J connectivity index is 1.93. The summed E-state index contributed by atoms with van der Waals surface area (Å²) in [5.74, 6) is -0.993. The number of carbonyl (C=O) groups is 2. The number of ether oxygens (including phenoxy) is 3. The van der Waals surface area contributed by atoms with E-state index in [1.165, 1.54) is 19.1 Å². The topological polar surface area (TPSA) is 73.9 Å². The molecule has 0 heterocycles. The van der Waals surface area contributed by atoms with Crippen molar-refractivity contribution in [3.63, 3.8) is 0 Å². The molecule has 6 nitrogen and oxygen atoms in total. The average Bonchev–Trinajstić information content (AvgIpc) is 2.67.